The minimum absolute atomic E-state index is 0.102. The second kappa shape index (κ2) is 11.0. The minimum atomic E-state index is -0.869. The molecule has 11 heteroatoms. The van der Waals surface area contributed by atoms with Gasteiger partial charge in [0.1, 0.15) is 0 Å². The zero-order valence-electron chi connectivity index (χ0n) is 23.8. The number of nitrogens with zero attached hydrogens (tertiary/aromatic N) is 3. The molecule has 40 heavy (non-hydrogen) atoms. The molecule has 1 unspecified atom stereocenters. The van der Waals surface area contributed by atoms with Crippen molar-refractivity contribution in [2.75, 3.05) is 18.2 Å². The van der Waals surface area contributed by atoms with Gasteiger partial charge in [0, 0.05) is 73.0 Å². The lowest BCUT2D eigenvalue weighted by molar-refractivity contribution is -0.120. The number of thioether (sulfide) groups is 1. The van der Waals surface area contributed by atoms with E-state index in [0.29, 0.717) is 39.3 Å². The molecule has 0 saturated heterocycles. The number of aromatic nitrogens is 3. The highest BCUT2D eigenvalue weighted by Crippen LogP contribution is 2.51. The molecule has 9 nitrogen and oxygen atoms in total. The Labute approximate surface area is 243 Å². The fraction of sp³-hybridized carbons (Fsp3) is 0.483. The number of amides is 1. The van der Waals surface area contributed by atoms with E-state index in [1.807, 2.05) is 57.2 Å². The number of anilines is 1. The van der Waals surface area contributed by atoms with Crippen molar-refractivity contribution in [2.45, 2.75) is 69.7 Å². The molecule has 1 saturated carbocycles. The topological polar surface area (TPSA) is 101 Å². The number of aryl methyl sites for hydroxylation is 2. The summed E-state index contributed by atoms with van der Waals surface area (Å²) in [5.41, 5.74) is 3.26. The van der Waals surface area contributed by atoms with Crippen LogP contribution in [-0.2, 0) is 13.6 Å². The van der Waals surface area contributed by atoms with Crippen LogP contribution in [0.4, 0.5) is 5.69 Å². The largest absolute Gasteiger partial charge is 0.448 e. The second-order valence-electron chi connectivity index (χ2n) is 10.9. The number of fused-ring (bicyclic) bond motifs is 1. The van der Waals surface area contributed by atoms with E-state index < -0.39 is 5.79 Å². The molecule has 0 bridgehead atoms. The summed E-state index contributed by atoms with van der Waals surface area (Å²) in [5, 5.41) is 7.52. The summed E-state index contributed by atoms with van der Waals surface area (Å²) < 4.78 is 14.7. The average molecular weight is 586 g/mol. The van der Waals surface area contributed by atoms with Crippen LogP contribution in [-0.4, -0.2) is 45.8 Å². The maximum Gasteiger partial charge on any atom is 0.254 e. The lowest BCUT2D eigenvalue weighted by Gasteiger charge is -2.40. The van der Waals surface area contributed by atoms with Crippen LogP contribution in [0, 0.1) is 19.8 Å². The van der Waals surface area contributed by atoms with Gasteiger partial charge in [0.2, 0.25) is 0 Å². The second-order valence-corrected chi connectivity index (χ2v) is 12.2. The quantitative estimate of drug-likeness (QED) is 0.367. The van der Waals surface area contributed by atoms with E-state index in [9.17, 15) is 9.59 Å². The van der Waals surface area contributed by atoms with Crippen LogP contribution in [0.2, 0.25) is 5.02 Å². The van der Waals surface area contributed by atoms with Crippen LogP contribution in [0.25, 0.3) is 0 Å². The van der Waals surface area contributed by atoms with Gasteiger partial charge >= 0.3 is 0 Å². The molecule has 1 aliphatic heterocycles. The van der Waals surface area contributed by atoms with E-state index in [1.165, 1.54) is 11.8 Å². The van der Waals surface area contributed by atoms with E-state index in [2.05, 4.69) is 27.3 Å². The SMILES string of the molecule is CSc1cc(C)[nH]c(=O)c1CNC(=O)c1cc(Cl)c2c(c1C)OC(C)(C1CCC(N(C)c3cnn(C)c3)CC1)O2. The van der Waals surface area contributed by atoms with Gasteiger partial charge in [0.05, 0.1) is 16.9 Å². The Bertz CT molecular complexity index is 1500. The molecular weight excluding hydrogens is 550 g/mol. The van der Waals surface area contributed by atoms with Crippen LogP contribution >= 0.6 is 23.4 Å². The highest BCUT2D eigenvalue weighted by Gasteiger charge is 2.47. The Balaban J connectivity index is 1.28. The summed E-state index contributed by atoms with van der Waals surface area (Å²) in [6.07, 6.45) is 9.72. The maximum absolute atomic E-state index is 13.3. The molecule has 0 radical (unpaired) electrons. The third-order valence-corrected chi connectivity index (χ3v) is 9.34. The number of ether oxygens (including phenoxy) is 2. The highest BCUT2D eigenvalue weighted by atomic mass is 35.5. The first-order chi connectivity index (χ1) is 19.0. The molecule has 2 N–H and O–H groups in total. The van der Waals surface area contributed by atoms with Crippen molar-refractivity contribution in [1.29, 1.82) is 0 Å². The van der Waals surface area contributed by atoms with Crippen LogP contribution in [0.3, 0.4) is 0 Å². The number of benzene rings is 1. The van der Waals surface area contributed by atoms with E-state index in [1.54, 1.807) is 6.07 Å². The molecule has 2 aromatic heterocycles. The number of hydrogen-bond acceptors (Lipinski definition) is 7. The first-order valence-electron chi connectivity index (χ1n) is 13.5. The maximum atomic E-state index is 13.3. The fourth-order valence-electron chi connectivity index (χ4n) is 5.84. The van der Waals surface area contributed by atoms with Crippen molar-refractivity contribution in [3.63, 3.8) is 0 Å². The minimum Gasteiger partial charge on any atom is -0.448 e. The number of carbonyl (C=O) groups excluding carboxylic acids is 1. The van der Waals surface area contributed by atoms with Gasteiger partial charge in [-0.25, -0.2) is 0 Å². The number of H-pyrrole nitrogens is 1. The molecular formula is C29H36ClN5O4S. The van der Waals surface area contributed by atoms with E-state index >= 15 is 0 Å². The summed E-state index contributed by atoms with van der Waals surface area (Å²) in [6.45, 7) is 5.74. The van der Waals surface area contributed by atoms with Crippen LogP contribution in [0.5, 0.6) is 11.5 Å². The number of halogens is 1. The smallest absolute Gasteiger partial charge is 0.254 e. The molecule has 3 aromatic rings. The number of carbonyl (C=O) groups is 1. The van der Waals surface area contributed by atoms with Gasteiger partial charge in [-0.05, 0) is 57.9 Å². The average Bonchev–Trinajstić information content (AvgIpc) is 3.53. The third-order valence-electron chi connectivity index (χ3n) is 8.25. The molecule has 1 atom stereocenters. The molecule has 1 amide bonds. The number of hydrogen-bond donors (Lipinski definition) is 2. The Morgan fingerprint density at radius 1 is 1.25 bits per heavy atom. The first-order valence-corrected chi connectivity index (χ1v) is 15.1. The third kappa shape index (κ3) is 5.31. The van der Waals surface area contributed by atoms with Gasteiger partial charge < -0.3 is 24.7 Å². The lowest BCUT2D eigenvalue weighted by atomic mass is 9.81. The Hall–Kier alpha value is -3.11. The number of nitrogens with one attached hydrogen (secondary N) is 2. The van der Waals surface area contributed by atoms with Gasteiger partial charge in [-0.2, -0.15) is 5.10 Å². The highest BCUT2D eigenvalue weighted by molar-refractivity contribution is 7.98. The van der Waals surface area contributed by atoms with E-state index in [4.69, 9.17) is 21.1 Å². The van der Waals surface area contributed by atoms with Crippen molar-refractivity contribution in [3.05, 3.63) is 62.3 Å². The predicted octanol–water partition coefficient (Wildman–Crippen LogP) is 5.21. The predicted molar refractivity (Wildman–Crippen MR) is 158 cm³/mol. The molecule has 2 aliphatic rings. The van der Waals surface area contributed by atoms with Crippen LogP contribution in [0.15, 0.2) is 34.2 Å². The standard InChI is InChI=1S/C29H36ClN5O4S/c1-16-11-24(40-6)22(28(37)33-16)14-31-27(36)21-12-23(30)26-25(17(21)2)38-29(3,39-26)18-7-9-19(10-8-18)35(5)20-13-32-34(4)15-20/h11-13,15,18-19H,7-10,14H2,1-6H3,(H,31,36)(H,33,37). The zero-order chi connectivity index (χ0) is 28.8. The lowest BCUT2D eigenvalue weighted by Crippen LogP contribution is -2.47. The molecule has 0 spiro atoms. The first kappa shape index (κ1) is 28.4. The Kier molecular flexibility index (Phi) is 7.85. The zero-order valence-corrected chi connectivity index (χ0v) is 25.3. The van der Waals surface area contributed by atoms with Crippen LogP contribution < -0.4 is 25.2 Å². The monoisotopic (exact) mass is 585 g/mol. The molecule has 1 aromatic carbocycles. The van der Waals surface area contributed by atoms with Crippen molar-refractivity contribution < 1.29 is 14.3 Å². The van der Waals surface area contributed by atoms with Gasteiger partial charge in [-0.3, -0.25) is 14.3 Å². The summed E-state index contributed by atoms with van der Waals surface area (Å²) in [4.78, 5) is 31.7. The Morgan fingerprint density at radius 2 is 1.95 bits per heavy atom. The normalized spacial score (nSPS) is 21.9. The van der Waals surface area contributed by atoms with Gasteiger partial charge in [-0.15, -0.1) is 11.8 Å². The van der Waals surface area contributed by atoms with Crippen molar-refractivity contribution in [1.82, 2.24) is 20.1 Å². The summed E-state index contributed by atoms with van der Waals surface area (Å²) in [6, 6.07) is 3.94. The van der Waals surface area contributed by atoms with Gasteiger partial charge in [0.15, 0.2) is 11.5 Å². The van der Waals surface area contributed by atoms with E-state index in [-0.39, 0.29) is 23.9 Å². The number of pyridine rings is 1. The van der Waals surface area contributed by atoms with Crippen molar-refractivity contribution in [3.8, 4) is 11.5 Å². The molecule has 5 rings (SSSR count). The molecule has 1 aliphatic carbocycles. The summed E-state index contributed by atoms with van der Waals surface area (Å²) in [5.74, 6) is -0.0402. The van der Waals surface area contributed by atoms with Gasteiger partial charge in [-0.1, -0.05) is 11.6 Å². The molecule has 1 fully saturated rings. The van der Waals surface area contributed by atoms with Crippen molar-refractivity contribution >= 4 is 35.0 Å². The Morgan fingerprint density at radius 3 is 2.60 bits per heavy atom. The fourth-order valence-corrected chi connectivity index (χ4v) is 6.78. The number of aromatic amines is 1. The molecule has 3 heterocycles. The summed E-state index contributed by atoms with van der Waals surface area (Å²) in [7, 11) is 4.05. The molecule has 214 valence electrons. The van der Waals surface area contributed by atoms with Crippen molar-refractivity contribution in [2.24, 2.45) is 13.0 Å². The summed E-state index contributed by atoms with van der Waals surface area (Å²) >= 11 is 8.11. The van der Waals surface area contributed by atoms with Crippen LogP contribution in [0.1, 0.15) is 59.8 Å². The van der Waals surface area contributed by atoms with E-state index in [0.717, 1.165) is 42.0 Å². The van der Waals surface area contributed by atoms with Gasteiger partial charge in [0.25, 0.3) is 17.3 Å². The number of rotatable bonds is 7.